The van der Waals surface area contributed by atoms with Crippen molar-refractivity contribution in [2.75, 3.05) is 12.3 Å². The van der Waals surface area contributed by atoms with E-state index in [1.807, 2.05) is 0 Å². The molecule has 3 heterocycles. The highest BCUT2D eigenvalue weighted by Gasteiger charge is 2.36. The van der Waals surface area contributed by atoms with Crippen molar-refractivity contribution in [2.45, 2.75) is 18.8 Å². The van der Waals surface area contributed by atoms with Crippen molar-refractivity contribution >= 4 is 23.3 Å². The van der Waals surface area contributed by atoms with Crippen molar-refractivity contribution in [3.63, 3.8) is 0 Å². The number of nitrogen functional groups attached to an aromatic ring is 1. The van der Waals surface area contributed by atoms with Gasteiger partial charge in [-0.2, -0.15) is 0 Å². The molecule has 8 nitrogen and oxygen atoms in total. The van der Waals surface area contributed by atoms with Gasteiger partial charge in [0.1, 0.15) is 24.4 Å². The lowest BCUT2D eigenvalue weighted by Gasteiger charge is -2.13. The average Bonchev–Trinajstić information content (AvgIpc) is 3.02. The van der Waals surface area contributed by atoms with Crippen molar-refractivity contribution in [3.8, 4) is 0 Å². The average molecular weight is 263 g/mol. The second kappa shape index (κ2) is 4.56. The molecule has 19 heavy (non-hydrogen) atoms. The lowest BCUT2D eigenvalue weighted by Crippen LogP contribution is -2.21. The van der Waals surface area contributed by atoms with Gasteiger partial charge in [0, 0.05) is 12.3 Å². The number of nitrogens with zero attached hydrogens (tertiary/aromatic N) is 4. The van der Waals surface area contributed by atoms with E-state index in [0.29, 0.717) is 23.4 Å². The Kier molecular flexibility index (Phi) is 2.88. The fraction of sp³-hybridized carbons (Fsp3) is 0.455. The number of nitrogens with two attached hydrogens (primary N) is 1. The maximum atomic E-state index is 10.9. The van der Waals surface area contributed by atoms with Gasteiger partial charge in [0.15, 0.2) is 11.5 Å². The van der Waals surface area contributed by atoms with Gasteiger partial charge in [-0.25, -0.2) is 15.0 Å². The number of rotatable bonds is 3. The van der Waals surface area contributed by atoms with Crippen molar-refractivity contribution in [1.29, 1.82) is 0 Å². The Morgan fingerprint density at radius 1 is 1.53 bits per heavy atom. The van der Waals surface area contributed by atoms with E-state index in [2.05, 4.69) is 15.0 Å². The molecule has 2 aromatic rings. The monoisotopic (exact) mass is 263 g/mol. The van der Waals surface area contributed by atoms with E-state index in [1.165, 1.54) is 6.33 Å². The molecule has 0 aromatic carbocycles. The minimum atomic E-state index is -0.487. The van der Waals surface area contributed by atoms with Gasteiger partial charge in [-0.05, 0) is 0 Å². The maximum absolute atomic E-state index is 10.9. The summed E-state index contributed by atoms with van der Waals surface area (Å²) in [6.07, 6.45) is 3.33. The van der Waals surface area contributed by atoms with E-state index >= 15 is 0 Å². The Balaban J connectivity index is 1.98. The standard InChI is InChI=1S/C11H13N5O3/c12-10-9-11(14-4-13-10)16(5-15-9)8-1-6(2-17)7(3-18)19-8/h2,4-8,18H,1,3H2,(H2,12,13,14)/t6-,7-,8-/m1/s1. The highest BCUT2D eigenvalue weighted by atomic mass is 16.5. The lowest BCUT2D eigenvalue weighted by molar-refractivity contribution is -0.113. The van der Waals surface area contributed by atoms with Crippen LogP contribution in [0.25, 0.3) is 11.2 Å². The smallest absolute Gasteiger partial charge is 0.167 e. The van der Waals surface area contributed by atoms with Crippen LogP contribution in [0.4, 0.5) is 5.82 Å². The second-order valence-corrected chi connectivity index (χ2v) is 4.43. The first-order valence-electron chi connectivity index (χ1n) is 5.89. The van der Waals surface area contributed by atoms with Crippen molar-refractivity contribution in [1.82, 2.24) is 19.5 Å². The fourth-order valence-electron chi connectivity index (χ4n) is 2.32. The number of hydrogen-bond acceptors (Lipinski definition) is 7. The molecule has 0 unspecified atom stereocenters. The van der Waals surface area contributed by atoms with Crippen LogP contribution in [0.3, 0.4) is 0 Å². The fourth-order valence-corrected chi connectivity index (χ4v) is 2.32. The summed E-state index contributed by atoms with van der Waals surface area (Å²) in [6, 6.07) is 0. The summed E-state index contributed by atoms with van der Waals surface area (Å²) in [5.41, 5.74) is 6.77. The Hall–Kier alpha value is -2.06. The number of carbonyl (C=O) groups is 1. The quantitative estimate of drug-likeness (QED) is 0.717. The van der Waals surface area contributed by atoms with E-state index in [1.54, 1.807) is 10.9 Å². The van der Waals surface area contributed by atoms with Crippen LogP contribution in [0.1, 0.15) is 12.6 Å². The first-order chi connectivity index (χ1) is 9.24. The van der Waals surface area contributed by atoms with Gasteiger partial charge in [0.05, 0.1) is 19.0 Å². The zero-order chi connectivity index (χ0) is 13.4. The highest BCUT2D eigenvalue weighted by molar-refractivity contribution is 5.81. The zero-order valence-electron chi connectivity index (χ0n) is 10.0. The van der Waals surface area contributed by atoms with Gasteiger partial charge < -0.3 is 20.4 Å². The van der Waals surface area contributed by atoms with Crippen LogP contribution in [0.5, 0.6) is 0 Å². The van der Waals surface area contributed by atoms with Crippen molar-refractivity contribution < 1.29 is 14.6 Å². The van der Waals surface area contributed by atoms with Gasteiger partial charge in [-0.1, -0.05) is 0 Å². The van der Waals surface area contributed by atoms with Gasteiger partial charge in [0.2, 0.25) is 0 Å². The van der Waals surface area contributed by atoms with Crippen LogP contribution in [-0.2, 0) is 9.53 Å². The van der Waals surface area contributed by atoms with E-state index in [4.69, 9.17) is 10.5 Å². The van der Waals surface area contributed by atoms with Crippen LogP contribution in [0.2, 0.25) is 0 Å². The molecule has 1 aliphatic heterocycles. The normalized spacial score (nSPS) is 26.9. The zero-order valence-corrected chi connectivity index (χ0v) is 10.0. The van der Waals surface area contributed by atoms with E-state index in [-0.39, 0.29) is 18.8 Å². The molecule has 100 valence electrons. The Morgan fingerprint density at radius 2 is 2.37 bits per heavy atom. The molecule has 1 fully saturated rings. The molecule has 1 aliphatic rings. The summed E-state index contributed by atoms with van der Waals surface area (Å²) in [4.78, 5) is 23.1. The molecule has 0 saturated carbocycles. The number of aromatic nitrogens is 4. The molecule has 0 radical (unpaired) electrons. The van der Waals surface area contributed by atoms with E-state index in [9.17, 15) is 9.90 Å². The van der Waals surface area contributed by atoms with E-state index < -0.39 is 6.10 Å². The van der Waals surface area contributed by atoms with Crippen LogP contribution >= 0.6 is 0 Å². The second-order valence-electron chi connectivity index (χ2n) is 4.43. The van der Waals surface area contributed by atoms with Crippen LogP contribution < -0.4 is 5.73 Å². The minimum Gasteiger partial charge on any atom is -0.394 e. The van der Waals surface area contributed by atoms with Crippen LogP contribution in [0.15, 0.2) is 12.7 Å². The predicted molar refractivity (Wildman–Crippen MR) is 64.9 cm³/mol. The highest BCUT2D eigenvalue weighted by Crippen LogP contribution is 2.33. The molecule has 1 saturated heterocycles. The number of aliphatic hydroxyl groups is 1. The summed E-state index contributed by atoms with van der Waals surface area (Å²) in [7, 11) is 0. The van der Waals surface area contributed by atoms with Gasteiger partial charge in [0.25, 0.3) is 0 Å². The molecule has 0 aliphatic carbocycles. The number of carbonyl (C=O) groups excluding carboxylic acids is 1. The number of aldehydes is 1. The molecule has 0 bridgehead atoms. The number of fused-ring (bicyclic) bond motifs is 1. The number of aliphatic hydroxyl groups excluding tert-OH is 1. The summed E-state index contributed by atoms with van der Waals surface area (Å²) in [6.45, 7) is -0.191. The molecular formula is C11H13N5O3. The topological polar surface area (TPSA) is 116 Å². The molecular weight excluding hydrogens is 250 g/mol. The summed E-state index contributed by atoms with van der Waals surface area (Å²) < 4.78 is 7.35. The molecule has 0 spiro atoms. The Morgan fingerprint density at radius 3 is 3.05 bits per heavy atom. The third-order valence-electron chi connectivity index (χ3n) is 3.34. The minimum absolute atomic E-state index is 0.191. The largest absolute Gasteiger partial charge is 0.394 e. The van der Waals surface area contributed by atoms with Gasteiger partial charge >= 0.3 is 0 Å². The van der Waals surface area contributed by atoms with Crippen molar-refractivity contribution in [3.05, 3.63) is 12.7 Å². The van der Waals surface area contributed by atoms with Crippen molar-refractivity contribution in [2.24, 2.45) is 5.92 Å². The van der Waals surface area contributed by atoms with E-state index in [0.717, 1.165) is 6.29 Å². The van der Waals surface area contributed by atoms with Gasteiger partial charge in [-0.15, -0.1) is 0 Å². The molecule has 8 heteroatoms. The first kappa shape index (κ1) is 12.0. The third kappa shape index (κ3) is 1.85. The predicted octanol–water partition coefficient (Wildman–Crippen LogP) is -0.497. The Labute approximate surface area is 108 Å². The maximum Gasteiger partial charge on any atom is 0.167 e. The number of anilines is 1. The first-order valence-corrected chi connectivity index (χ1v) is 5.89. The molecule has 3 N–H and O–H groups in total. The molecule has 3 rings (SSSR count). The Bertz CT molecular complexity index is 613. The summed E-state index contributed by atoms with van der Waals surface area (Å²) >= 11 is 0. The molecule has 3 atom stereocenters. The summed E-state index contributed by atoms with van der Waals surface area (Å²) in [5, 5.41) is 9.19. The van der Waals surface area contributed by atoms with Gasteiger partial charge in [-0.3, -0.25) is 4.57 Å². The number of ether oxygens (including phenoxy) is 1. The molecule has 0 amide bonds. The number of imidazole rings is 1. The third-order valence-corrected chi connectivity index (χ3v) is 3.34. The summed E-state index contributed by atoms with van der Waals surface area (Å²) in [5.74, 6) is -0.0287. The van der Waals surface area contributed by atoms with Crippen LogP contribution in [-0.4, -0.2) is 43.6 Å². The van der Waals surface area contributed by atoms with Crippen LogP contribution in [0, 0.1) is 5.92 Å². The number of hydrogen-bond donors (Lipinski definition) is 2. The molecule has 2 aromatic heterocycles. The lowest BCUT2D eigenvalue weighted by atomic mass is 10.0. The SMILES string of the molecule is Nc1ncnc2c1ncn2[C@H]1C[C@H](C=O)[C@@H](CO)O1.